The van der Waals surface area contributed by atoms with Crippen molar-refractivity contribution in [1.29, 1.82) is 0 Å². The summed E-state index contributed by atoms with van der Waals surface area (Å²) in [6.07, 6.45) is 0.892. The van der Waals surface area contributed by atoms with Crippen molar-refractivity contribution in [2.75, 3.05) is 36.5 Å². The van der Waals surface area contributed by atoms with Gasteiger partial charge in [0.15, 0.2) is 0 Å². The molecule has 1 saturated heterocycles. The zero-order chi connectivity index (χ0) is 19.0. The summed E-state index contributed by atoms with van der Waals surface area (Å²) in [5, 5.41) is 3.70. The zero-order valence-corrected chi connectivity index (χ0v) is 16.0. The van der Waals surface area contributed by atoms with Gasteiger partial charge in [-0.3, -0.25) is 4.79 Å². The van der Waals surface area contributed by atoms with Crippen LogP contribution in [0.5, 0.6) is 0 Å². The van der Waals surface area contributed by atoms with Crippen LogP contribution in [0, 0.1) is 5.41 Å². The summed E-state index contributed by atoms with van der Waals surface area (Å²) in [6.45, 7) is 7.98. The van der Waals surface area contributed by atoms with Gasteiger partial charge in [0.2, 0.25) is 5.91 Å². The molecule has 2 aliphatic heterocycles. The van der Waals surface area contributed by atoms with E-state index in [1.807, 2.05) is 12.1 Å². The van der Waals surface area contributed by atoms with Gasteiger partial charge in [0.25, 0.3) is 0 Å². The molecule has 2 aromatic rings. The Morgan fingerprint density at radius 1 is 1.19 bits per heavy atom. The highest BCUT2D eigenvalue weighted by atomic mass is 16.5. The normalized spacial score (nSPS) is 21.3. The number of amides is 1. The molecule has 142 valence electrons. The molecule has 0 aliphatic carbocycles. The highest BCUT2D eigenvalue weighted by Gasteiger charge is 2.36. The topological polar surface area (TPSA) is 67.6 Å². The number of nitrogens with zero attached hydrogens (tertiary/aromatic N) is 1. The largest absolute Gasteiger partial charge is 0.378 e. The van der Waals surface area contributed by atoms with Crippen molar-refractivity contribution < 1.29 is 9.53 Å². The maximum absolute atomic E-state index is 11.5. The molecule has 4 rings (SSSR count). The molecule has 3 N–H and O–H groups in total. The fourth-order valence-electron chi connectivity index (χ4n) is 4.23. The molecule has 0 spiro atoms. The number of carbonyl (C=O) groups is 1. The van der Waals surface area contributed by atoms with E-state index in [1.165, 1.54) is 11.3 Å². The number of hydrogen-bond donors (Lipinski definition) is 2. The number of nitrogens with two attached hydrogens (primary N) is 1. The molecule has 27 heavy (non-hydrogen) atoms. The summed E-state index contributed by atoms with van der Waals surface area (Å²) in [5.74, 6) is -0.379. The highest BCUT2D eigenvalue weighted by molar-refractivity contribution is 5.93. The maximum Gasteiger partial charge on any atom is 0.248 e. The third-order valence-electron chi connectivity index (χ3n) is 5.70. The number of nitrogens with one attached hydrogen (secondary N) is 1. The van der Waals surface area contributed by atoms with E-state index < -0.39 is 0 Å². The van der Waals surface area contributed by atoms with Gasteiger partial charge < -0.3 is 20.7 Å². The molecule has 0 bridgehead atoms. The fraction of sp³-hybridized carbons (Fsp3) is 0.409. The van der Waals surface area contributed by atoms with Gasteiger partial charge in [-0.15, -0.1) is 0 Å². The van der Waals surface area contributed by atoms with E-state index in [9.17, 15) is 4.79 Å². The number of carbonyl (C=O) groups excluding carboxylic acids is 1. The van der Waals surface area contributed by atoms with Crippen LogP contribution >= 0.6 is 0 Å². The molecule has 5 heteroatoms. The van der Waals surface area contributed by atoms with E-state index in [0.29, 0.717) is 5.56 Å². The molecule has 1 amide bonds. The summed E-state index contributed by atoms with van der Waals surface area (Å²) in [6, 6.07) is 14.7. The molecule has 0 saturated carbocycles. The second-order valence-electron chi connectivity index (χ2n) is 8.17. The molecule has 5 nitrogen and oxygen atoms in total. The number of anilines is 2. The molecule has 2 heterocycles. The van der Waals surface area contributed by atoms with Crippen molar-refractivity contribution in [2.24, 2.45) is 11.1 Å². The number of hydrogen-bond acceptors (Lipinski definition) is 4. The van der Waals surface area contributed by atoms with E-state index in [1.54, 1.807) is 6.07 Å². The van der Waals surface area contributed by atoms with Crippen LogP contribution in [0.4, 0.5) is 11.4 Å². The molecule has 1 atom stereocenters. The lowest BCUT2D eigenvalue weighted by molar-refractivity contribution is 0.1000. The molecule has 1 unspecified atom stereocenters. The summed E-state index contributed by atoms with van der Waals surface area (Å²) in [5.41, 5.74) is 10.8. The quantitative estimate of drug-likeness (QED) is 0.875. The van der Waals surface area contributed by atoms with Crippen molar-refractivity contribution in [3.05, 3.63) is 59.2 Å². The van der Waals surface area contributed by atoms with E-state index in [-0.39, 0.29) is 17.4 Å². The molecule has 2 aliphatic rings. The predicted octanol–water partition coefficient (Wildman–Crippen LogP) is 3.36. The minimum Gasteiger partial charge on any atom is -0.378 e. The fourth-order valence-corrected chi connectivity index (χ4v) is 4.23. The zero-order valence-electron chi connectivity index (χ0n) is 16.0. The van der Waals surface area contributed by atoms with Gasteiger partial charge >= 0.3 is 0 Å². The molecule has 2 aromatic carbocycles. The predicted molar refractivity (Wildman–Crippen MR) is 108 cm³/mol. The third kappa shape index (κ3) is 3.52. The van der Waals surface area contributed by atoms with Crippen molar-refractivity contribution >= 4 is 17.3 Å². The van der Waals surface area contributed by atoms with Crippen molar-refractivity contribution in [3.63, 3.8) is 0 Å². The van der Waals surface area contributed by atoms with Crippen LogP contribution in [0.2, 0.25) is 0 Å². The van der Waals surface area contributed by atoms with Crippen molar-refractivity contribution in [2.45, 2.75) is 26.3 Å². The van der Waals surface area contributed by atoms with Crippen LogP contribution < -0.4 is 16.0 Å². The van der Waals surface area contributed by atoms with Gasteiger partial charge in [-0.2, -0.15) is 0 Å². The van der Waals surface area contributed by atoms with Crippen LogP contribution in [-0.4, -0.2) is 32.2 Å². The van der Waals surface area contributed by atoms with E-state index in [4.69, 9.17) is 10.5 Å². The maximum atomic E-state index is 11.5. The third-order valence-corrected chi connectivity index (χ3v) is 5.70. The Bertz CT molecular complexity index is 856. The number of ether oxygens (including phenoxy) is 1. The first kappa shape index (κ1) is 17.9. The Balaban J connectivity index is 1.65. The number of morpholine rings is 1. The lowest BCUT2D eigenvalue weighted by Crippen LogP contribution is -2.37. The lowest BCUT2D eigenvalue weighted by Gasteiger charge is -2.42. The van der Waals surface area contributed by atoms with Gasteiger partial charge in [-0.1, -0.05) is 26.0 Å². The van der Waals surface area contributed by atoms with Gasteiger partial charge in [0.1, 0.15) is 0 Å². The highest BCUT2D eigenvalue weighted by Crippen LogP contribution is 2.45. The first-order valence-corrected chi connectivity index (χ1v) is 9.56. The first-order chi connectivity index (χ1) is 12.9. The number of fused-ring (bicyclic) bond motifs is 1. The Labute approximate surface area is 160 Å². The van der Waals surface area contributed by atoms with E-state index >= 15 is 0 Å². The van der Waals surface area contributed by atoms with Gasteiger partial charge in [-0.25, -0.2) is 0 Å². The summed E-state index contributed by atoms with van der Waals surface area (Å²) in [4.78, 5) is 13.9. The average molecular weight is 365 g/mol. The Hall–Kier alpha value is -2.53. The molecule has 1 fully saturated rings. The van der Waals surface area contributed by atoms with Gasteiger partial charge in [0.05, 0.1) is 19.3 Å². The summed E-state index contributed by atoms with van der Waals surface area (Å²) < 4.78 is 5.48. The number of rotatable bonds is 3. The second kappa shape index (κ2) is 6.89. The van der Waals surface area contributed by atoms with Crippen molar-refractivity contribution in [1.82, 2.24) is 0 Å². The van der Waals surface area contributed by atoms with Crippen LogP contribution in [0.1, 0.15) is 41.4 Å². The Morgan fingerprint density at radius 3 is 2.70 bits per heavy atom. The van der Waals surface area contributed by atoms with Gasteiger partial charge in [0, 0.05) is 30.0 Å². The monoisotopic (exact) mass is 365 g/mol. The van der Waals surface area contributed by atoms with E-state index in [2.05, 4.69) is 48.3 Å². The second-order valence-corrected chi connectivity index (χ2v) is 8.17. The summed E-state index contributed by atoms with van der Waals surface area (Å²) in [7, 11) is 0. The minimum atomic E-state index is -0.379. The SMILES string of the molecule is CC1(C)Cc2cc(C(N)=O)ccc2NC1c1cccc(N2CCOCC2)c1. The summed E-state index contributed by atoms with van der Waals surface area (Å²) >= 11 is 0. The first-order valence-electron chi connectivity index (χ1n) is 9.56. The minimum absolute atomic E-state index is 0.00685. The molecule has 0 aromatic heterocycles. The standard InChI is InChI=1S/C22H27N3O2/c1-22(2)14-17-12-16(21(23)26)6-7-19(17)24-20(22)15-4-3-5-18(13-15)25-8-10-27-11-9-25/h3-7,12-13,20,24H,8-11,14H2,1-2H3,(H2,23,26). The molecular weight excluding hydrogens is 338 g/mol. The average Bonchev–Trinajstić information content (AvgIpc) is 2.67. The van der Waals surface area contributed by atoms with Crippen LogP contribution in [0.3, 0.4) is 0 Å². The Kier molecular flexibility index (Phi) is 4.56. The van der Waals surface area contributed by atoms with Crippen molar-refractivity contribution in [3.8, 4) is 0 Å². The van der Waals surface area contributed by atoms with Crippen LogP contribution in [-0.2, 0) is 11.2 Å². The van der Waals surface area contributed by atoms with E-state index in [0.717, 1.165) is 44.0 Å². The van der Waals surface area contributed by atoms with Crippen LogP contribution in [0.15, 0.2) is 42.5 Å². The van der Waals surface area contributed by atoms with Crippen LogP contribution in [0.25, 0.3) is 0 Å². The smallest absolute Gasteiger partial charge is 0.248 e. The number of benzene rings is 2. The molecule has 0 radical (unpaired) electrons. The number of primary amides is 1. The Morgan fingerprint density at radius 2 is 1.96 bits per heavy atom. The molecular formula is C22H27N3O2. The lowest BCUT2D eigenvalue weighted by atomic mass is 9.72. The van der Waals surface area contributed by atoms with Gasteiger partial charge in [-0.05, 0) is 53.3 Å².